The third-order valence-electron chi connectivity index (χ3n) is 2.59. The number of hydrogen-bond donors (Lipinski definition) is 0. The van der Waals surface area contributed by atoms with Crippen LogP contribution in [0.4, 0.5) is 0 Å². The van der Waals surface area contributed by atoms with E-state index in [1.165, 1.54) is 0 Å². The quantitative estimate of drug-likeness (QED) is 0.623. The fourth-order valence-electron chi connectivity index (χ4n) is 1.70. The van der Waals surface area contributed by atoms with Crippen molar-refractivity contribution in [2.75, 3.05) is 0 Å². The topological polar surface area (TPSA) is 42.3 Å². The van der Waals surface area contributed by atoms with Gasteiger partial charge in [-0.15, -0.1) is 0 Å². The van der Waals surface area contributed by atoms with Crippen LogP contribution in [0.5, 0.6) is 0 Å². The van der Waals surface area contributed by atoms with Crippen molar-refractivity contribution in [2.45, 2.75) is 12.5 Å². The Kier molecular flexibility index (Phi) is 4.24. The van der Waals surface area contributed by atoms with E-state index in [4.69, 9.17) is 11.6 Å². The first-order valence-electron chi connectivity index (χ1n) is 5.52. The van der Waals surface area contributed by atoms with Crippen LogP contribution in [0.2, 0.25) is 5.02 Å². The Labute approximate surface area is 110 Å². The number of benzene rings is 1. The lowest BCUT2D eigenvalue weighted by Crippen LogP contribution is -2.01. The van der Waals surface area contributed by atoms with E-state index < -0.39 is 0 Å². The van der Waals surface area contributed by atoms with Gasteiger partial charge in [-0.05, 0) is 29.8 Å². The number of hydrogen-bond acceptors (Lipinski definition) is 3. The summed E-state index contributed by atoms with van der Waals surface area (Å²) in [4.78, 5) is 18.6. The van der Waals surface area contributed by atoms with Gasteiger partial charge in [-0.1, -0.05) is 29.8 Å². The van der Waals surface area contributed by atoms with E-state index in [2.05, 4.69) is 9.98 Å². The molecule has 0 saturated carbocycles. The Bertz CT molecular complexity index is 548. The summed E-state index contributed by atoms with van der Waals surface area (Å²) in [6.45, 7) is 0. The van der Waals surface area contributed by atoms with Crippen LogP contribution in [0.15, 0.2) is 53.7 Å². The fraction of sp³-hybridized carbons (Fsp3) is 0.143. The van der Waals surface area contributed by atoms with Crippen molar-refractivity contribution in [3.05, 3.63) is 64.9 Å². The van der Waals surface area contributed by atoms with Crippen LogP contribution < -0.4 is 0 Å². The third kappa shape index (κ3) is 3.27. The van der Waals surface area contributed by atoms with Gasteiger partial charge in [0.15, 0.2) is 0 Å². The molecule has 2 aromatic rings. The van der Waals surface area contributed by atoms with Crippen molar-refractivity contribution in [3.63, 3.8) is 0 Å². The molecule has 1 unspecified atom stereocenters. The molecule has 90 valence electrons. The number of isocyanates is 1. The highest BCUT2D eigenvalue weighted by Gasteiger charge is 2.11. The summed E-state index contributed by atoms with van der Waals surface area (Å²) < 4.78 is 0. The molecular weight excluding hydrogens is 248 g/mol. The monoisotopic (exact) mass is 258 g/mol. The minimum Gasteiger partial charge on any atom is -0.261 e. The lowest BCUT2D eigenvalue weighted by molar-refractivity contribution is 0.556. The number of pyridine rings is 1. The molecule has 18 heavy (non-hydrogen) atoms. The molecule has 1 aromatic carbocycles. The number of rotatable bonds is 4. The van der Waals surface area contributed by atoms with Gasteiger partial charge in [0.05, 0.1) is 6.04 Å². The molecule has 0 saturated heterocycles. The number of nitrogens with zero attached hydrogens (tertiary/aromatic N) is 2. The van der Waals surface area contributed by atoms with Crippen molar-refractivity contribution in [1.29, 1.82) is 0 Å². The molecule has 0 N–H and O–H groups in total. The lowest BCUT2D eigenvalue weighted by atomic mass is 10.0. The zero-order chi connectivity index (χ0) is 12.8. The molecule has 1 aromatic heterocycles. The van der Waals surface area contributed by atoms with Gasteiger partial charge in [-0.2, -0.15) is 4.99 Å². The van der Waals surface area contributed by atoms with E-state index in [0.717, 1.165) is 11.3 Å². The van der Waals surface area contributed by atoms with Gasteiger partial charge in [-0.25, -0.2) is 4.79 Å². The van der Waals surface area contributed by atoms with Gasteiger partial charge in [0.25, 0.3) is 0 Å². The summed E-state index contributed by atoms with van der Waals surface area (Å²) >= 11 is 5.83. The average Bonchev–Trinajstić information content (AvgIpc) is 2.40. The highest BCUT2D eigenvalue weighted by atomic mass is 35.5. The molecule has 3 nitrogen and oxygen atoms in total. The van der Waals surface area contributed by atoms with Crippen LogP contribution in [0.25, 0.3) is 0 Å². The van der Waals surface area contributed by atoms with Gasteiger partial charge < -0.3 is 0 Å². The molecule has 0 fully saturated rings. The van der Waals surface area contributed by atoms with E-state index in [0.29, 0.717) is 11.4 Å². The van der Waals surface area contributed by atoms with E-state index >= 15 is 0 Å². The third-order valence-corrected chi connectivity index (χ3v) is 2.84. The SMILES string of the molecule is O=C=NC(Cc1ccccn1)c1ccc(Cl)cc1. The highest BCUT2D eigenvalue weighted by Crippen LogP contribution is 2.22. The lowest BCUT2D eigenvalue weighted by Gasteiger charge is -2.10. The van der Waals surface area contributed by atoms with Crippen LogP contribution in [0.1, 0.15) is 17.3 Å². The van der Waals surface area contributed by atoms with Gasteiger partial charge in [0.2, 0.25) is 6.08 Å². The Morgan fingerprint density at radius 3 is 2.61 bits per heavy atom. The summed E-state index contributed by atoms with van der Waals surface area (Å²) in [6.07, 6.45) is 3.90. The van der Waals surface area contributed by atoms with Crippen LogP contribution in [0.3, 0.4) is 0 Å². The zero-order valence-corrected chi connectivity index (χ0v) is 10.3. The molecule has 1 atom stereocenters. The van der Waals surface area contributed by atoms with Gasteiger partial charge in [-0.3, -0.25) is 4.98 Å². The Morgan fingerprint density at radius 2 is 2.00 bits per heavy atom. The molecule has 4 heteroatoms. The number of halogens is 1. The van der Waals surface area contributed by atoms with E-state index in [1.54, 1.807) is 24.4 Å². The van der Waals surface area contributed by atoms with Crippen molar-refractivity contribution in [2.24, 2.45) is 4.99 Å². The average molecular weight is 259 g/mol. The van der Waals surface area contributed by atoms with Crippen LogP contribution in [0, 0.1) is 0 Å². The van der Waals surface area contributed by atoms with E-state index in [-0.39, 0.29) is 6.04 Å². The first-order chi connectivity index (χ1) is 8.79. The van der Waals surface area contributed by atoms with Gasteiger partial charge in [0.1, 0.15) is 0 Å². The van der Waals surface area contributed by atoms with Crippen molar-refractivity contribution >= 4 is 17.7 Å². The standard InChI is InChI=1S/C14H11ClN2O/c15-12-6-4-11(5-7-12)14(17-10-18)9-13-3-1-2-8-16-13/h1-8,14H,9H2. The highest BCUT2D eigenvalue weighted by molar-refractivity contribution is 6.30. The van der Waals surface area contributed by atoms with Gasteiger partial charge >= 0.3 is 0 Å². The molecule has 0 radical (unpaired) electrons. The van der Waals surface area contributed by atoms with Crippen LogP contribution in [-0.4, -0.2) is 11.1 Å². The molecule has 0 bridgehead atoms. The molecule has 0 aliphatic heterocycles. The first-order valence-corrected chi connectivity index (χ1v) is 5.90. The molecule has 1 heterocycles. The summed E-state index contributed by atoms with van der Waals surface area (Å²) in [5.74, 6) is 0. The fourth-order valence-corrected chi connectivity index (χ4v) is 1.83. The number of aromatic nitrogens is 1. The normalized spacial score (nSPS) is 11.6. The van der Waals surface area contributed by atoms with Crippen LogP contribution >= 0.6 is 11.6 Å². The molecule has 0 amide bonds. The summed E-state index contributed by atoms with van der Waals surface area (Å²) in [5.41, 5.74) is 1.81. The van der Waals surface area contributed by atoms with E-state index in [1.807, 2.05) is 30.3 Å². The summed E-state index contributed by atoms with van der Waals surface area (Å²) in [6, 6.07) is 12.7. The predicted molar refractivity (Wildman–Crippen MR) is 70.3 cm³/mol. The van der Waals surface area contributed by atoms with Crippen molar-refractivity contribution < 1.29 is 4.79 Å². The van der Waals surface area contributed by atoms with Gasteiger partial charge in [0, 0.05) is 23.3 Å². The van der Waals surface area contributed by atoms with Crippen LogP contribution in [-0.2, 0) is 11.2 Å². The maximum Gasteiger partial charge on any atom is 0.235 e. The smallest absolute Gasteiger partial charge is 0.235 e. The Morgan fingerprint density at radius 1 is 1.22 bits per heavy atom. The number of carbonyl (C=O) groups excluding carboxylic acids is 1. The Hall–Kier alpha value is -1.96. The second-order valence-electron chi connectivity index (χ2n) is 3.81. The van der Waals surface area contributed by atoms with Crippen molar-refractivity contribution in [1.82, 2.24) is 4.98 Å². The molecule has 0 spiro atoms. The van der Waals surface area contributed by atoms with E-state index in [9.17, 15) is 4.79 Å². The minimum atomic E-state index is -0.269. The van der Waals surface area contributed by atoms with Crippen molar-refractivity contribution in [3.8, 4) is 0 Å². The molecular formula is C14H11ClN2O. The number of aliphatic imine (C=N–C) groups is 1. The summed E-state index contributed by atoms with van der Waals surface area (Å²) in [5, 5.41) is 0.658. The summed E-state index contributed by atoms with van der Waals surface area (Å²) in [7, 11) is 0. The molecule has 2 rings (SSSR count). The first kappa shape index (κ1) is 12.5. The molecule has 0 aliphatic carbocycles. The maximum atomic E-state index is 10.5. The molecule has 0 aliphatic rings. The second kappa shape index (κ2) is 6.10. The zero-order valence-electron chi connectivity index (χ0n) is 9.58. The maximum absolute atomic E-state index is 10.5. The second-order valence-corrected chi connectivity index (χ2v) is 4.25. The predicted octanol–water partition coefficient (Wildman–Crippen LogP) is 3.35. The largest absolute Gasteiger partial charge is 0.261 e. The Balaban J connectivity index is 2.23. The minimum absolute atomic E-state index is 0.269.